The van der Waals surface area contributed by atoms with Gasteiger partial charge in [-0.05, 0) is 50.9 Å². The molecule has 0 radical (unpaired) electrons. The van der Waals surface area contributed by atoms with Crippen LogP contribution in [0, 0.1) is 11.8 Å². The summed E-state index contributed by atoms with van der Waals surface area (Å²) in [6.07, 6.45) is 5.55. The molecule has 0 spiro atoms. The molecular weight excluding hydrogens is 196 g/mol. The van der Waals surface area contributed by atoms with Gasteiger partial charge in [-0.3, -0.25) is 0 Å². The maximum atomic E-state index is 3.60. The van der Waals surface area contributed by atoms with Crippen LogP contribution in [-0.2, 0) is 0 Å². The monoisotopic (exact) mass is 226 g/mol. The molecule has 0 saturated carbocycles. The minimum Gasteiger partial charge on any atom is -0.316 e. The van der Waals surface area contributed by atoms with E-state index >= 15 is 0 Å². The minimum absolute atomic E-state index is 0.794. The van der Waals surface area contributed by atoms with Crippen LogP contribution in [0.5, 0.6) is 0 Å². The van der Waals surface area contributed by atoms with Crippen molar-refractivity contribution in [2.75, 3.05) is 32.7 Å². The summed E-state index contributed by atoms with van der Waals surface area (Å²) in [5, 5.41) is 3.60. The Hall–Kier alpha value is -0.0800. The minimum atomic E-state index is 0.794. The van der Waals surface area contributed by atoms with Crippen molar-refractivity contribution in [3.63, 3.8) is 0 Å². The van der Waals surface area contributed by atoms with Gasteiger partial charge < -0.3 is 10.2 Å². The highest BCUT2D eigenvalue weighted by molar-refractivity contribution is 4.69. The molecule has 1 fully saturated rings. The highest BCUT2D eigenvalue weighted by Gasteiger charge is 2.13. The highest BCUT2D eigenvalue weighted by Crippen LogP contribution is 2.10. The van der Waals surface area contributed by atoms with Gasteiger partial charge in [0.15, 0.2) is 0 Å². The molecule has 1 heterocycles. The number of rotatable bonds is 7. The molecule has 2 atom stereocenters. The molecule has 1 aliphatic rings. The third-order valence-corrected chi connectivity index (χ3v) is 3.70. The van der Waals surface area contributed by atoms with Gasteiger partial charge in [0.05, 0.1) is 0 Å². The summed E-state index contributed by atoms with van der Waals surface area (Å²) < 4.78 is 0. The summed E-state index contributed by atoms with van der Waals surface area (Å²) in [5.41, 5.74) is 0. The first-order valence-corrected chi connectivity index (χ1v) is 7.15. The Morgan fingerprint density at radius 2 is 1.62 bits per heavy atom. The second-order valence-corrected chi connectivity index (χ2v) is 5.64. The standard InChI is InChI=1S/C14H30N2/c1-4-13(2)10-15-11-14(3)12-16-8-6-5-7-9-16/h13-15H,4-12H2,1-3H3. The zero-order valence-electron chi connectivity index (χ0n) is 11.5. The Balaban J connectivity index is 2.03. The van der Waals surface area contributed by atoms with Crippen molar-refractivity contribution in [1.82, 2.24) is 10.2 Å². The van der Waals surface area contributed by atoms with E-state index in [0.29, 0.717) is 0 Å². The van der Waals surface area contributed by atoms with E-state index in [1.165, 1.54) is 58.4 Å². The largest absolute Gasteiger partial charge is 0.316 e. The first kappa shape index (κ1) is 14.0. The van der Waals surface area contributed by atoms with Crippen molar-refractivity contribution >= 4 is 0 Å². The second kappa shape index (κ2) is 8.08. The van der Waals surface area contributed by atoms with Crippen molar-refractivity contribution in [3.05, 3.63) is 0 Å². The molecule has 1 N–H and O–H groups in total. The van der Waals surface area contributed by atoms with E-state index in [-0.39, 0.29) is 0 Å². The van der Waals surface area contributed by atoms with Crippen molar-refractivity contribution in [3.8, 4) is 0 Å². The van der Waals surface area contributed by atoms with Gasteiger partial charge in [0.2, 0.25) is 0 Å². The van der Waals surface area contributed by atoms with Crippen molar-refractivity contribution in [1.29, 1.82) is 0 Å². The number of likely N-dealkylation sites (tertiary alicyclic amines) is 1. The number of hydrogen-bond acceptors (Lipinski definition) is 2. The normalized spacial score (nSPS) is 21.9. The summed E-state index contributed by atoms with van der Waals surface area (Å²) in [6, 6.07) is 0. The van der Waals surface area contributed by atoms with Gasteiger partial charge in [0.1, 0.15) is 0 Å². The van der Waals surface area contributed by atoms with Crippen LogP contribution < -0.4 is 5.32 Å². The third-order valence-electron chi connectivity index (χ3n) is 3.70. The lowest BCUT2D eigenvalue weighted by Gasteiger charge is -2.29. The summed E-state index contributed by atoms with van der Waals surface area (Å²) in [5.74, 6) is 1.62. The fraction of sp³-hybridized carbons (Fsp3) is 1.00. The lowest BCUT2D eigenvalue weighted by atomic mass is 10.1. The molecule has 1 rings (SSSR count). The fourth-order valence-electron chi connectivity index (χ4n) is 2.37. The Labute approximate surface area is 102 Å². The van der Waals surface area contributed by atoms with E-state index in [0.717, 1.165) is 11.8 Å². The van der Waals surface area contributed by atoms with E-state index in [4.69, 9.17) is 0 Å². The zero-order chi connectivity index (χ0) is 11.8. The Morgan fingerprint density at radius 3 is 2.25 bits per heavy atom. The predicted octanol–water partition coefficient (Wildman–Crippen LogP) is 2.74. The van der Waals surface area contributed by atoms with Gasteiger partial charge in [0.25, 0.3) is 0 Å². The van der Waals surface area contributed by atoms with E-state index in [2.05, 4.69) is 31.0 Å². The summed E-state index contributed by atoms with van der Waals surface area (Å²) in [4.78, 5) is 2.64. The van der Waals surface area contributed by atoms with Gasteiger partial charge in [-0.2, -0.15) is 0 Å². The molecule has 0 aromatic rings. The topological polar surface area (TPSA) is 15.3 Å². The molecule has 0 aliphatic carbocycles. The molecule has 16 heavy (non-hydrogen) atoms. The maximum absolute atomic E-state index is 3.60. The Bertz CT molecular complexity index is 164. The zero-order valence-corrected chi connectivity index (χ0v) is 11.5. The average molecular weight is 226 g/mol. The lowest BCUT2D eigenvalue weighted by Crippen LogP contribution is -2.37. The molecule has 0 aromatic heterocycles. The molecule has 0 bridgehead atoms. The van der Waals surface area contributed by atoms with Crippen LogP contribution in [-0.4, -0.2) is 37.6 Å². The van der Waals surface area contributed by atoms with Gasteiger partial charge in [-0.1, -0.05) is 33.6 Å². The Morgan fingerprint density at radius 1 is 1.00 bits per heavy atom. The SMILES string of the molecule is CCC(C)CNCC(C)CN1CCCCC1. The van der Waals surface area contributed by atoms with E-state index < -0.39 is 0 Å². The van der Waals surface area contributed by atoms with Crippen molar-refractivity contribution in [2.45, 2.75) is 46.5 Å². The van der Waals surface area contributed by atoms with Crippen molar-refractivity contribution in [2.24, 2.45) is 11.8 Å². The van der Waals surface area contributed by atoms with Gasteiger partial charge in [-0.25, -0.2) is 0 Å². The van der Waals surface area contributed by atoms with Crippen LogP contribution in [0.15, 0.2) is 0 Å². The summed E-state index contributed by atoms with van der Waals surface area (Å²) in [7, 11) is 0. The first-order valence-electron chi connectivity index (χ1n) is 7.15. The van der Waals surface area contributed by atoms with Crippen LogP contribution in [0.3, 0.4) is 0 Å². The van der Waals surface area contributed by atoms with Crippen LogP contribution in [0.25, 0.3) is 0 Å². The van der Waals surface area contributed by atoms with Crippen LogP contribution in [0.1, 0.15) is 46.5 Å². The summed E-state index contributed by atoms with van der Waals surface area (Å²) >= 11 is 0. The molecular formula is C14H30N2. The quantitative estimate of drug-likeness (QED) is 0.718. The second-order valence-electron chi connectivity index (χ2n) is 5.64. The maximum Gasteiger partial charge on any atom is 0.00191 e. The molecule has 1 saturated heterocycles. The number of hydrogen-bond donors (Lipinski definition) is 1. The van der Waals surface area contributed by atoms with E-state index in [1.807, 2.05) is 0 Å². The first-order chi connectivity index (χ1) is 7.72. The molecule has 2 heteroatoms. The van der Waals surface area contributed by atoms with Crippen LogP contribution in [0.4, 0.5) is 0 Å². The van der Waals surface area contributed by atoms with Crippen LogP contribution in [0.2, 0.25) is 0 Å². The van der Waals surface area contributed by atoms with Gasteiger partial charge in [-0.15, -0.1) is 0 Å². The lowest BCUT2D eigenvalue weighted by molar-refractivity contribution is 0.198. The van der Waals surface area contributed by atoms with Gasteiger partial charge >= 0.3 is 0 Å². The van der Waals surface area contributed by atoms with E-state index in [1.54, 1.807) is 0 Å². The fourth-order valence-corrected chi connectivity index (χ4v) is 2.37. The Kier molecular flexibility index (Phi) is 7.06. The highest BCUT2D eigenvalue weighted by atomic mass is 15.1. The van der Waals surface area contributed by atoms with Crippen molar-refractivity contribution < 1.29 is 0 Å². The molecule has 96 valence electrons. The van der Waals surface area contributed by atoms with Crippen LogP contribution >= 0.6 is 0 Å². The molecule has 1 aliphatic heterocycles. The third kappa shape index (κ3) is 5.86. The molecule has 0 amide bonds. The summed E-state index contributed by atoms with van der Waals surface area (Å²) in [6.45, 7) is 13.3. The number of nitrogens with zero attached hydrogens (tertiary/aromatic N) is 1. The molecule has 2 unspecified atom stereocenters. The number of piperidine rings is 1. The predicted molar refractivity (Wildman–Crippen MR) is 71.8 cm³/mol. The molecule has 0 aromatic carbocycles. The average Bonchev–Trinajstić information content (AvgIpc) is 2.30. The van der Waals surface area contributed by atoms with Gasteiger partial charge in [0, 0.05) is 6.54 Å². The molecule has 2 nitrogen and oxygen atoms in total. The smallest absolute Gasteiger partial charge is 0.00191 e. The number of nitrogens with one attached hydrogen (secondary N) is 1. The van der Waals surface area contributed by atoms with E-state index in [9.17, 15) is 0 Å².